The molecule has 2 aliphatic rings. The first-order valence-electron chi connectivity index (χ1n) is 8.67. The summed E-state index contributed by atoms with van der Waals surface area (Å²) in [5, 5.41) is 0. The predicted octanol–water partition coefficient (Wildman–Crippen LogP) is 3.34. The fraction of sp³-hybridized carbons (Fsp3) is 0.765. The Morgan fingerprint density at radius 2 is 1.83 bits per heavy atom. The van der Waals surface area contributed by atoms with Crippen LogP contribution >= 0.6 is 0 Å². The van der Waals surface area contributed by atoms with Crippen LogP contribution in [0.1, 0.15) is 62.9 Å². The molecule has 23 heavy (non-hydrogen) atoms. The molecule has 0 radical (unpaired) electrons. The van der Waals surface area contributed by atoms with Gasteiger partial charge in [0.2, 0.25) is 0 Å². The lowest BCUT2D eigenvalue weighted by molar-refractivity contribution is 0.264. The predicted molar refractivity (Wildman–Crippen MR) is 90.3 cm³/mol. The van der Waals surface area contributed by atoms with E-state index >= 15 is 0 Å². The highest BCUT2D eigenvalue weighted by atomic mass is 32.2. The third-order valence-corrected chi connectivity index (χ3v) is 7.33. The fourth-order valence-electron chi connectivity index (χ4n) is 3.55. The maximum Gasteiger partial charge on any atom is 0.282 e. The van der Waals surface area contributed by atoms with Gasteiger partial charge < -0.3 is 4.42 Å². The largest absolute Gasteiger partial charge is 0.464 e. The molecule has 2 atom stereocenters. The van der Waals surface area contributed by atoms with Gasteiger partial charge in [0.1, 0.15) is 11.5 Å². The molecular weight excluding hydrogens is 312 g/mol. The first-order chi connectivity index (χ1) is 10.9. The highest BCUT2D eigenvalue weighted by Gasteiger charge is 2.37. The zero-order chi connectivity index (χ0) is 16.6. The van der Waals surface area contributed by atoms with Gasteiger partial charge in [-0.25, -0.2) is 0 Å². The molecule has 1 aromatic rings. The molecule has 6 heteroatoms. The molecule has 2 aliphatic carbocycles. The van der Waals surface area contributed by atoms with E-state index in [9.17, 15) is 8.42 Å². The van der Waals surface area contributed by atoms with Gasteiger partial charge in [-0.15, -0.1) is 0 Å². The van der Waals surface area contributed by atoms with Crippen molar-refractivity contribution in [2.75, 3.05) is 14.1 Å². The summed E-state index contributed by atoms with van der Waals surface area (Å²) in [5.74, 6) is 2.93. The van der Waals surface area contributed by atoms with E-state index in [1.54, 1.807) is 18.4 Å². The second-order valence-electron chi connectivity index (χ2n) is 7.20. The standard InChI is InChI=1S/C17H28N2O3S/c1-13-11-16(13)17-10-9-15(22-17)12-18(2)23(20,21)19(3)14-7-5-4-6-8-14/h9-10,13-14,16H,4-8,11-12H2,1-3H3/t13-,16-/m1/s1. The van der Waals surface area contributed by atoms with Crippen LogP contribution in [0.25, 0.3) is 0 Å². The highest BCUT2D eigenvalue weighted by molar-refractivity contribution is 7.86. The van der Waals surface area contributed by atoms with E-state index in [-0.39, 0.29) is 6.04 Å². The molecule has 2 fully saturated rings. The monoisotopic (exact) mass is 340 g/mol. The van der Waals surface area contributed by atoms with Gasteiger partial charge in [-0.3, -0.25) is 0 Å². The van der Waals surface area contributed by atoms with Crippen molar-refractivity contribution in [3.05, 3.63) is 23.7 Å². The lowest BCUT2D eigenvalue weighted by Gasteiger charge is -2.32. The van der Waals surface area contributed by atoms with Crippen LogP contribution < -0.4 is 0 Å². The Morgan fingerprint density at radius 1 is 1.17 bits per heavy atom. The number of furan rings is 1. The van der Waals surface area contributed by atoms with Crippen LogP contribution in [0.4, 0.5) is 0 Å². The van der Waals surface area contributed by atoms with E-state index in [1.807, 2.05) is 12.1 Å². The minimum Gasteiger partial charge on any atom is -0.464 e. The topological polar surface area (TPSA) is 53.8 Å². The zero-order valence-corrected chi connectivity index (χ0v) is 15.2. The van der Waals surface area contributed by atoms with Crippen LogP contribution in [0.3, 0.4) is 0 Å². The third-order valence-electron chi connectivity index (χ3n) is 5.38. The van der Waals surface area contributed by atoms with Crippen molar-refractivity contribution in [2.24, 2.45) is 5.92 Å². The van der Waals surface area contributed by atoms with Crippen LogP contribution in [-0.4, -0.2) is 37.2 Å². The van der Waals surface area contributed by atoms with Gasteiger partial charge in [0.05, 0.1) is 6.54 Å². The van der Waals surface area contributed by atoms with Gasteiger partial charge in [-0.2, -0.15) is 17.0 Å². The van der Waals surface area contributed by atoms with Crippen LogP contribution in [0, 0.1) is 5.92 Å². The molecule has 1 aromatic heterocycles. The summed E-state index contributed by atoms with van der Waals surface area (Å²) in [5.41, 5.74) is 0. The first kappa shape index (κ1) is 17.0. The van der Waals surface area contributed by atoms with E-state index in [4.69, 9.17) is 4.42 Å². The Labute approximate surface area is 139 Å². The number of hydrogen-bond donors (Lipinski definition) is 0. The molecule has 2 saturated carbocycles. The Bertz CT molecular complexity index is 634. The van der Waals surface area contributed by atoms with Crippen LogP contribution in [-0.2, 0) is 16.8 Å². The highest BCUT2D eigenvalue weighted by Crippen LogP contribution is 2.47. The SMILES string of the molecule is C[C@@H]1C[C@H]1c1ccc(CN(C)S(=O)(=O)N(C)C2CCCCC2)o1. The second kappa shape index (κ2) is 6.57. The van der Waals surface area contributed by atoms with Gasteiger partial charge in [-0.05, 0) is 37.3 Å². The molecule has 0 unspecified atom stereocenters. The van der Waals surface area contributed by atoms with Crippen molar-refractivity contribution in [3.8, 4) is 0 Å². The van der Waals surface area contributed by atoms with E-state index in [0.29, 0.717) is 18.4 Å². The van der Waals surface area contributed by atoms with Crippen LogP contribution in [0.5, 0.6) is 0 Å². The maximum atomic E-state index is 12.7. The Kier molecular flexibility index (Phi) is 4.85. The minimum absolute atomic E-state index is 0.135. The van der Waals surface area contributed by atoms with Gasteiger partial charge in [-0.1, -0.05) is 26.2 Å². The first-order valence-corrected chi connectivity index (χ1v) is 10.1. The van der Waals surface area contributed by atoms with Crippen molar-refractivity contribution < 1.29 is 12.8 Å². The second-order valence-corrected chi connectivity index (χ2v) is 9.29. The molecule has 0 aromatic carbocycles. The summed E-state index contributed by atoms with van der Waals surface area (Å²) >= 11 is 0. The van der Waals surface area contributed by atoms with E-state index in [2.05, 4.69) is 6.92 Å². The molecule has 5 nitrogen and oxygen atoms in total. The maximum absolute atomic E-state index is 12.7. The summed E-state index contributed by atoms with van der Waals surface area (Å²) in [6.07, 6.45) is 6.56. The van der Waals surface area contributed by atoms with Crippen molar-refractivity contribution in [1.82, 2.24) is 8.61 Å². The normalized spacial score (nSPS) is 26.1. The summed E-state index contributed by atoms with van der Waals surface area (Å²) in [7, 11) is -0.0912. The molecule has 0 saturated heterocycles. The van der Waals surface area contributed by atoms with Gasteiger partial charge in [0.15, 0.2) is 0 Å². The van der Waals surface area contributed by atoms with Gasteiger partial charge >= 0.3 is 0 Å². The van der Waals surface area contributed by atoms with Gasteiger partial charge in [0.25, 0.3) is 10.2 Å². The molecule has 0 bridgehead atoms. The van der Waals surface area contributed by atoms with Crippen molar-refractivity contribution >= 4 is 10.2 Å². The molecule has 3 rings (SSSR count). The number of nitrogens with zero attached hydrogens (tertiary/aromatic N) is 2. The molecule has 0 N–H and O–H groups in total. The fourth-order valence-corrected chi connectivity index (χ4v) is 4.87. The van der Waals surface area contributed by atoms with Crippen LogP contribution in [0.2, 0.25) is 0 Å². The smallest absolute Gasteiger partial charge is 0.282 e. The summed E-state index contributed by atoms with van der Waals surface area (Å²) < 4.78 is 34.3. The van der Waals surface area contributed by atoms with Gasteiger partial charge in [0, 0.05) is 26.1 Å². The molecule has 130 valence electrons. The summed E-state index contributed by atoms with van der Waals surface area (Å²) in [4.78, 5) is 0. The molecular formula is C17H28N2O3S. The van der Waals surface area contributed by atoms with Crippen molar-refractivity contribution in [2.45, 2.75) is 64.0 Å². The number of hydrogen-bond acceptors (Lipinski definition) is 3. The molecule has 0 amide bonds. The van der Waals surface area contributed by atoms with Crippen molar-refractivity contribution in [3.63, 3.8) is 0 Å². The zero-order valence-electron chi connectivity index (χ0n) is 14.4. The Morgan fingerprint density at radius 3 is 2.43 bits per heavy atom. The number of rotatable bonds is 6. The van der Waals surface area contributed by atoms with E-state index in [0.717, 1.165) is 37.2 Å². The molecule has 0 aliphatic heterocycles. The average Bonchev–Trinajstić information content (AvgIpc) is 3.09. The Hall–Kier alpha value is -0.850. The summed E-state index contributed by atoms with van der Waals surface area (Å²) in [6, 6.07) is 4.04. The van der Waals surface area contributed by atoms with Crippen LogP contribution in [0.15, 0.2) is 16.5 Å². The quantitative estimate of drug-likeness (QED) is 0.798. The Balaban J connectivity index is 1.63. The lowest BCUT2D eigenvalue weighted by atomic mass is 9.96. The van der Waals surface area contributed by atoms with Crippen molar-refractivity contribution in [1.29, 1.82) is 0 Å². The van der Waals surface area contributed by atoms with E-state index < -0.39 is 10.2 Å². The van der Waals surface area contributed by atoms with E-state index in [1.165, 1.54) is 17.1 Å². The minimum atomic E-state index is -3.44. The molecule has 1 heterocycles. The summed E-state index contributed by atoms with van der Waals surface area (Å²) in [6.45, 7) is 2.50. The lowest BCUT2D eigenvalue weighted by Crippen LogP contribution is -2.45. The average molecular weight is 340 g/mol. The molecule has 0 spiro atoms. The third kappa shape index (κ3) is 3.64.